The van der Waals surface area contributed by atoms with Crippen LogP contribution in [0.5, 0.6) is 0 Å². The molecule has 2 amide bonds. The van der Waals surface area contributed by atoms with Crippen molar-refractivity contribution in [1.82, 2.24) is 4.90 Å². The first-order chi connectivity index (χ1) is 11.9. The molecule has 0 fully saturated rings. The average Bonchev–Trinajstić information content (AvgIpc) is 2.91. The van der Waals surface area contributed by atoms with Gasteiger partial charge in [-0.1, -0.05) is 12.1 Å². The van der Waals surface area contributed by atoms with E-state index < -0.39 is 0 Å². The Morgan fingerprint density at radius 3 is 2.48 bits per heavy atom. The van der Waals surface area contributed by atoms with Crippen LogP contribution in [0, 0.1) is 21.8 Å². The molecule has 1 heterocycles. The van der Waals surface area contributed by atoms with E-state index in [2.05, 4.69) is 34.0 Å². The molecule has 0 unspecified atom stereocenters. The van der Waals surface area contributed by atoms with E-state index in [1.807, 2.05) is 26.0 Å². The van der Waals surface area contributed by atoms with Crippen molar-refractivity contribution in [2.24, 2.45) is 0 Å². The van der Waals surface area contributed by atoms with E-state index in [0.29, 0.717) is 39.7 Å². The summed E-state index contributed by atoms with van der Waals surface area (Å²) in [5.41, 5.74) is 1.50. The highest BCUT2D eigenvalue weighted by Crippen LogP contribution is 2.34. The number of halogens is 1. The summed E-state index contributed by atoms with van der Waals surface area (Å²) in [6.07, 6.45) is 0. The lowest BCUT2D eigenvalue weighted by Gasteiger charge is -2.17. The topological polar surface area (TPSA) is 73.2 Å². The smallest absolute Gasteiger partial charge is 0.264 e. The summed E-state index contributed by atoms with van der Waals surface area (Å²) < 4.78 is 0.823. The number of amides is 2. The van der Waals surface area contributed by atoms with Gasteiger partial charge in [0.1, 0.15) is 11.1 Å². The van der Waals surface area contributed by atoms with Crippen LogP contribution in [0.4, 0.5) is 5.00 Å². The molecule has 0 radical (unpaired) electrons. The van der Waals surface area contributed by atoms with Crippen LogP contribution in [0.3, 0.4) is 0 Å². The summed E-state index contributed by atoms with van der Waals surface area (Å²) in [4.78, 5) is 27.4. The predicted octanol–water partition coefficient (Wildman–Crippen LogP) is 4.27. The third-order valence-electron chi connectivity index (χ3n) is 3.85. The summed E-state index contributed by atoms with van der Waals surface area (Å²) in [6.45, 7) is 6.76. The van der Waals surface area contributed by atoms with Crippen LogP contribution in [0.25, 0.3) is 0 Å². The number of carbonyl (C=O) groups excluding carboxylic acids is 2. The minimum absolute atomic E-state index is 0.112. The maximum atomic E-state index is 12.6. The fourth-order valence-electron chi connectivity index (χ4n) is 2.41. The minimum Gasteiger partial charge on any atom is -0.338 e. The molecule has 0 saturated carbocycles. The number of hydrogen-bond acceptors (Lipinski definition) is 4. The van der Waals surface area contributed by atoms with E-state index in [0.717, 1.165) is 14.9 Å². The Bertz CT molecular complexity index is 850. The zero-order valence-electron chi connectivity index (χ0n) is 14.2. The van der Waals surface area contributed by atoms with E-state index >= 15 is 0 Å². The quantitative estimate of drug-likeness (QED) is 0.668. The predicted molar refractivity (Wildman–Crippen MR) is 108 cm³/mol. The highest BCUT2D eigenvalue weighted by molar-refractivity contribution is 14.1. The van der Waals surface area contributed by atoms with Gasteiger partial charge in [-0.25, -0.2) is 0 Å². The number of thiophene rings is 1. The summed E-state index contributed by atoms with van der Waals surface area (Å²) >= 11 is 3.25. The molecule has 25 heavy (non-hydrogen) atoms. The zero-order chi connectivity index (χ0) is 18.6. The molecule has 2 rings (SSSR count). The van der Waals surface area contributed by atoms with Gasteiger partial charge in [0.2, 0.25) is 0 Å². The SMILES string of the molecule is CCN(CC)C(=O)c1sc(NC(=O)c2ccccc2I)c(C#N)c1C. The molecule has 1 N–H and O–H groups in total. The molecule has 5 nitrogen and oxygen atoms in total. The Labute approximate surface area is 164 Å². The van der Waals surface area contributed by atoms with Crippen molar-refractivity contribution in [2.75, 3.05) is 18.4 Å². The van der Waals surface area contributed by atoms with E-state index in [1.165, 1.54) is 0 Å². The highest BCUT2D eigenvalue weighted by atomic mass is 127. The van der Waals surface area contributed by atoms with Crippen LogP contribution in [0.1, 0.15) is 45.0 Å². The van der Waals surface area contributed by atoms with Crippen LogP contribution < -0.4 is 5.32 Å². The normalized spacial score (nSPS) is 10.2. The van der Waals surface area contributed by atoms with Crippen molar-refractivity contribution in [3.8, 4) is 6.07 Å². The van der Waals surface area contributed by atoms with Gasteiger partial charge in [0, 0.05) is 16.7 Å². The van der Waals surface area contributed by atoms with E-state index in [1.54, 1.807) is 24.0 Å². The number of carbonyl (C=O) groups is 2. The van der Waals surface area contributed by atoms with E-state index in [4.69, 9.17) is 0 Å². The number of nitrogens with zero attached hydrogens (tertiary/aromatic N) is 2. The van der Waals surface area contributed by atoms with Crippen molar-refractivity contribution in [3.05, 3.63) is 49.4 Å². The number of nitriles is 1. The Hall–Kier alpha value is -1.92. The number of hydrogen-bond donors (Lipinski definition) is 1. The second kappa shape index (κ2) is 8.45. The molecular weight excluding hydrogens is 449 g/mol. The molecule has 1 aromatic heterocycles. The van der Waals surface area contributed by atoms with Gasteiger partial charge in [0.05, 0.1) is 16.0 Å². The van der Waals surface area contributed by atoms with Gasteiger partial charge in [-0.2, -0.15) is 5.26 Å². The first-order valence-corrected chi connectivity index (χ1v) is 9.72. The highest BCUT2D eigenvalue weighted by Gasteiger charge is 2.24. The summed E-state index contributed by atoms with van der Waals surface area (Å²) in [5.74, 6) is -0.400. The van der Waals surface area contributed by atoms with Crippen LogP contribution in [0.2, 0.25) is 0 Å². The molecular formula is C18H18IN3O2S. The Morgan fingerprint density at radius 2 is 1.92 bits per heavy atom. The van der Waals surface area contributed by atoms with Gasteiger partial charge >= 0.3 is 0 Å². The van der Waals surface area contributed by atoms with Gasteiger partial charge < -0.3 is 10.2 Å². The van der Waals surface area contributed by atoms with Crippen molar-refractivity contribution in [2.45, 2.75) is 20.8 Å². The van der Waals surface area contributed by atoms with Crippen LogP contribution in [-0.2, 0) is 0 Å². The lowest BCUT2D eigenvalue weighted by molar-refractivity contribution is 0.0777. The number of anilines is 1. The third kappa shape index (κ3) is 4.02. The third-order valence-corrected chi connectivity index (χ3v) is 5.98. The fraction of sp³-hybridized carbons (Fsp3) is 0.278. The Balaban J connectivity index is 2.38. The second-order valence-electron chi connectivity index (χ2n) is 5.28. The molecule has 130 valence electrons. The van der Waals surface area contributed by atoms with Gasteiger partial charge in [-0.05, 0) is 61.1 Å². The van der Waals surface area contributed by atoms with Gasteiger partial charge in [-0.3, -0.25) is 9.59 Å². The second-order valence-corrected chi connectivity index (χ2v) is 7.47. The standard InChI is InChI=1S/C18H18IN3O2S/c1-4-22(5-2)18(24)15-11(3)13(10-20)17(25-15)21-16(23)12-8-6-7-9-14(12)19/h6-9H,4-5H2,1-3H3,(H,21,23). The van der Waals surface area contributed by atoms with Crippen LogP contribution in [0.15, 0.2) is 24.3 Å². The summed E-state index contributed by atoms with van der Waals surface area (Å²) in [7, 11) is 0. The molecule has 0 aliphatic heterocycles. The first-order valence-electron chi connectivity index (χ1n) is 7.83. The molecule has 0 saturated heterocycles. The zero-order valence-corrected chi connectivity index (χ0v) is 17.2. The molecule has 7 heteroatoms. The largest absolute Gasteiger partial charge is 0.338 e. The Kier molecular flexibility index (Phi) is 6.56. The molecule has 0 spiro atoms. The summed E-state index contributed by atoms with van der Waals surface area (Å²) in [5, 5.41) is 12.7. The number of benzene rings is 1. The maximum absolute atomic E-state index is 12.6. The van der Waals surface area contributed by atoms with Gasteiger partial charge in [-0.15, -0.1) is 11.3 Å². The first kappa shape index (κ1) is 19.4. The molecule has 0 bridgehead atoms. The van der Waals surface area contributed by atoms with Crippen molar-refractivity contribution >= 4 is 50.7 Å². The van der Waals surface area contributed by atoms with Gasteiger partial charge in [0.15, 0.2) is 0 Å². The monoisotopic (exact) mass is 467 g/mol. The maximum Gasteiger partial charge on any atom is 0.264 e. The summed E-state index contributed by atoms with van der Waals surface area (Å²) in [6, 6.07) is 9.32. The van der Waals surface area contributed by atoms with Crippen molar-refractivity contribution in [3.63, 3.8) is 0 Å². The molecule has 1 aromatic carbocycles. The number of rotatable bonds is 5. The fourth-order valence-corrected chi connectivity index (χ4v) is 4.16. The van der Waals surface area contributed by atoms with Crippen LogP contribution in [-0.4, -0.2) is 29.8 Å². The molecule has 2 aromatic rings. The minimum atomic E-state index is -0.287. The average molecular weight is 467 g/mol. The number of nitrogens with one attached hydrogen (secondary N) is 1. The van der Waals surface area contributed by atoms with Crippen molar-refractivity contribution in [1.29, 1.82) is 5.26 Å². The van der Waals surface area contributed by atoms with Gasteiger partial charge in [0.25, 0.3) is 11.8 Å². The van der Waals surface area contributed by atoms with E-state index in [9.17, 15) is 14.9 Å². The lowest BCUT2D eigenvalue weighted by Crippen LogP contribution is -2.30. The molecule has 0 atom stereocenters. The van der Waals surface area contributed by atoms with E-state index in [-0.39, 0.29) is 11.8 Å². The van der Waals surface area contributed by atoms with Crippen LogP contribution >= 0.6 is 33.9 Å². The van der Waals surface area contributed by atoms with Crippen molar-refractivity contribution < 1.29 is 9.59 Å². The Morgan fingerprint density at radius 1 is 1.28 bits per heavy atom. The lowest BCUT2D eigenvalue weighted by atomic mass is 10.1. The molecule has 0 aliphatic rings. The molecule has 0 aliphatic carbocycles.